The monoisotopic (exact) mass is 315 g/mol. The molecule has 2 unspecified atom stereocenters. The minimum atomic E-state index is -0.0614. The highest BCUT2D eigenvalue weighted by molar-refractivity contribution is 5.23. The lowest BCUT2D eigenvalue weighted by Crippen LogP contribution is -2.41. The van der Waals surface area contributed by atoms with E-state index in [1.807, 2.05) is 0 Å². The molecule has 1 aliphatic carbocycles. The molecule has 128 valence electrons. The quantitative estimate of drug-likeness (QED) is 0.771. The van der Waals surface area contributed by atoms with Gasteiger partial charge in [-0.25, -0.2) is 0 Å². The summed E-state index contributed by atoms with van der Waals surface area (Å²) in [5, 5.41) is 0. The van der Waals surface area contributed by atoms with Crippen LogP contribution in [-0.4, -0.2) is 31.1 Å². The Morgan fingerprint density at radius 1 is 1.00 bits per heavy atom. The third-order valence-corrected chi connectivity index (χ3v) is 5.70. The molecule has 0 aromatic heterocycles. The second kappa shape index (κ2) is 7.81. The molecule has 0 radical (unpaired) electrons. The molecule has 0 spiro atoms. The Bertz CT molecular complexity index is 456. The van der Waals surface area contributed by atoms with Crippen molar-refractivity contribution in [3.63, 3.8) is 0 Å². The highest BCUT2D eigenvalue weighted by Gasteiger charge is 2.40. The molecule has 1 aromatic carbocycles. The molecule has 1 saturated carbocycles. The molecular formula is C21H33NO. The molecule has 2 heteroatoms. The predicted molar refractivity (Wildman–Crippen MR) is 96.5 cm³/mol. The van der Waals surface area contributed by atoms with Crippen molar-refractivity contribution in [2.75, 3.05) is 26.2 Å². The summed E-state index contributed by atoms with van der Waals surface area (Å²) in [6, 6.07) is 11.0. The number of rotatable bonds is 5. The van der Waals surface area contributed by atoms with Crippen LogP contribution >= 0.6 is 0 Å². The van der Waals surface area contributed by atoms with Crippen molar-refractivity contribution in [1.82, 2.24) is 4.90 Å². The van der Waals surface area contributed by atoms with Crippen molar-refractivity contribution in [2.45, 2.75) is 58.0 Å². The van der Waals surface area contributed by atoms with Gasteiger partial charge in [-0.3, -0.25) is 0 Å². The number of nitrogens with zero attached hydrogens (tertiary/aromatic N) is 1. The number of hydrogen-bond donors (Lipinski definition) is 0. The number of piperidine rings is 1. The fraction of sp³-hybridized carbons (Fsp3) is 0.714. The Morgan fingerprint density at radius 3 is 2.30 bits per heavy atom. The third-order valence-electron chi connectivity index (χ3n) is 5.70. The normalized spacial score (nSPS) is 32.8. The van der Waals surface area contributed by atoms with Gasteiger partial charge in [-0.1, -0.05) is 50.6 Å². The molecule has 1 heterocycles. The maximum absolute atomic E-state index is 6.66. The Morgan fingerprint density at radius 2 is 1.65 bits per heavy atom. The van der Waals surface area contributed by atoms with Crippen LogP contribution in [0.15, 0.2) is 30.3 Å². The van der Waals surface area contributed by atoms with Gasteiger partial charge in [0.2, 0.25) is 0 Å². The van der Waals surface area contributed by atoms with Crippen LogP contribution < -0.4 is 0 Å². The van der Waals surface area contributed by atoms with Gasteiger partial charge < -0.3 is 9.64 Å². The highest BCUT2D eigenvalue weighted by atomic mass is 16.5. The smallest absolute Gasteiger partial charge is 0.0937 e. The van der Waals surface area contributed by atoms with Crippen molar-refractivity contribution in [3.8, 4) is 0 Å². The van der Waals surface area contributed by atoms with E-state index in [-0.39, 0.29) is 5.60 Å². The molecule has 0 bridgehead atoms. The topological polar surface area (TPSA) is 12.5 Å². The second-order valence-corrected chi connectivity index (χ2v) is 7.97. The zero-order valence-corrected chi connectivity index (χ0v) is 15.0. The Hall–Kier alpha value is -0.860. The molecule has 1 aromatic rings. The summed E-state index contributed by atoms with van der Waals surface area (Å²) in [4.78, 5) is 2.58. The summed E-state index contributed by atoms with van der Waals surface area (Å²) in [6.45, 7) is 9.26. The predicted octanol–water partition coefficient (Wildman–Crippen LogP) is 4.84. The molecule has 2 nitrogen and oxygen atoms in total. The molecule has 2 atom stereocenters. The fourth-order valence-electron chi connectivity index (χ4n) is 4.79. The summed E-state index contributed by atoms with van der Waals surface area (Å²) in [5.41, 5.74) is 1.32. The lowest BCUT2D eigenvalue weighted by molar-refractivity contribution is -0.104. The molecule has 0 N–H and O–H groups in total. The fourth-order valence-corrected chi connectivity index (χ4v) is 4.79. The van der Waals surface area contributed by atoms with Crippen LogP contribution in [0.2, 0.25) is 0 Å². The molecule has 2 aliphatic rings. The Balaban J connectivity index is 1.68. The van der Waals surface area contributed by atoms with Crippen LogP contribution in [-0.2, 0) is 10.3 Å². The summed E-state index contributed by atoms with van der Waals surface area (Å²) < 4.78 is 6.66. The van der Waals surface area contributed by atoms with Gasteiger partial charge >= 0.3 is 0 Å². The van der Waals surface area contributed by atoms with Gasteiger partial charge in [0.05, 0.1) is 12.2 Å². The number of likely N-dealkylation sites (tertiary alicyclic amines) is 1. The molecule has 0 amide bonds. The van der Waals surface area contributed by atoms with E-state index >= 15 is 0 Å². The van der Waals surface area contributed by atoms with Gasteiger partial charge in [0.15, 0.2) is 0 Å². The van der Waals surface area contributed by atoms with E-state index in [0.29, 0.717) is 0 Å². The molecule has 2 fully saturated rings. The summed E-state index contributed by atoms with van der Waals surface area (Å²) in [7, 11) is 0. The number of hydrogen-bond acceptors (Lipinski definition) is 2. The first-order valence-electron chi connectivity index (χ1n) is 9.60. The zero-order valence-electron chi connectivity index (χ0n) is 15.0. The van der Waals surface area contributed by atoms with Gasteiger partial charge in [-0.05, 0) is 62.6 Å². The first-order valence-corrected chi connectivity index (χ1v) is 9.60. The Labute approximate surface area is 142 Å². The van der Waals surface area contributed by atoms with Gasteiger partial charge in [0, 0.05) is 6.54 Å². The lowest BCUT2D eigenvalue weighted by atomic mass is 9.70. The van der Waals surface area contributed by atoms with Crippen LogP contribution in [0.1, 0.15) is 57.9 Å². The SMILES string of the molecule is CC1CC(C)CC(OCCN2CCCCC2)(c2ccccc2)C1. The minimum Gasteiger partial charge on any atom is -0.369 e. The minimum absolute atomic E-state index is 0.0614. The van der Waals surface area contributed by atoms with Gasteiger partial charge in [0.1, 0.15) is 0 Å². The molecule has 3 rings (SSSR count). The van der Waals surface area contributed by atoms with Crippen LogP contribution in [0.25, 0.3) is 0 Å². The van der Waals surface area contributed by atoms with Gasteiger partial charge in [-0.2, -0.15) is 0 Å². The van der Waals surface area contributed by atoms with E-state index in [0.717, 1.165) is 25.0 Å². The van der Waals surface area contributed by atoms with Crippen LogP contribution in [0.5, 0.6) is 0 Å². The summed E-state index contributed by atoms with van der Waals surface area (Å²) >= 11 is 0. The number of ether oxygens (including phenoxy) is 1. The Kier molecular flexibility index (Phi) is 5.76. The van der Waals surface area contributed by atoms with Crippen LogP contribution in [0, 0.1) is 11.8 Å². The van der Waals surface area contributed by atoms with Crippen molar-refractivity contribution >= 4 is 0 Å². The maximum Gasteiger partial charge on any atom is 0.0937 e. The average Bonchev–Trinajstić information content (AvgIpc) is 2.56. The van der Waals surface area contributed by atoms with E-state index < -0.39 is 0 Å². The van der Waals surface area contributed by atoms with Crippen molar-refractivity contribution in [2.24, 2.45) is 11.8 Å². The summed E-state index contributed by atoms with van der Waals surface area (Å²) in [6.07, 6.45) is 7.79. The zero-order chi connectivity index (χ0) is 16.1. The molecule has 1 saturated heterocycles. The summed E-state index contributed by atoms with van der Waals surface area (Å²) in [5.74, 6) is 1.49. The van der Waals surface area contributed by atoms with Crippen molar-refractivity contribution in [3.05, 3.63) is 35.9 Å². The van der Waals surface area contributed by atoms with Crippen molar-refractivity contribution in [1.29, 1.82) is 0 Å². The van der Waals surface area contributed by atoms with E-state index in [9.17, 15) is 0 Å². The molecule has 23 heavy (non-hydrogen) atoms. The largest absolute Gasteiger partial charge is 0.369 e. The first kappa shape index (κ1) is 17.0. The molecular weight excluding hydrogens is 282 g/mol. The highest BCUT2D eigenvalue weighted by Crippen LogP contribution is 2.45. The van der Waals surface area contributed by atoms with E-state index in [1.54, 1.807) is 0 Å². The third kappa shape index (κ3) is 4.36. The van der Waals surface area contributed by atoms with Gasteiger partial charge in [0.25, 0.3) is 0 Å². The first-order chi connectivity index (χ1) is 11.2. The molecule has 1 aliphatic heterocycles. The van der Waals surface area contributed by atoms with E-state index in [1.165, 1.54) is 57.2 Å². The average molecular weight is 316 g/mol. The van der Waals surface area contributed by atoms with E-state index in [2.05, 4.69) is 49.1 Å². The maximum atomic E-state index is 6.66. The second-order valence-electron chi connectivity index (χ2n) is 7.97. The van der Waals surface area contributed by atoms with Crippen LogP contribution in [0.3, 0.4) is 0 Å². The standard InChI is InChI=1S/C21H33NO/c1-18-15-19(2)17-21(16-18,20-9-5-3-6-10-20)23-14-13-22-11-7-4-8-12-22/h3,5-6,9-10,18-19H,4,7-8,11-17H2,1-2H3. The van der Waals surface area contributed by atoms with Crippen LogP contribution in [0.4, 0.5) is 0 Å². The lowest BCUT2D eigenvalue weighted by Gasteiger charge is -2.43. The number of benzene rings is 1. The van der Waals surface area contributed by atoms with E-state index in [4.69, 9.17) is 4.74 Å². The van der Waals surface area contributed by atoms with Crippen molar-refractivity contribution < 1.29 is 4.74 Å². The van der Waals surface area contributed by atoms with Gasteiger partial charge in [-0.15, -0.1) is 0 Å².